The fraction of sp³-hybridized carbons (Fsp3) is 0.148. The molecule has 4 aromatic rings. The maximum atomic E-state index is 13.4. The Morgan fingerprint density at radius 3 is 2.38 bits per heavy atom. The second-order valence-corrected chi connectivity index (χ2v) is 7.50. The van der Waals surface area contributed by atoms with E-state index in [9.17, 15) is 14.4 Å². The number of hydrogen-bond acceptors (Lipinski definition) is 5. The molecule has 0 bridgehead atoms. The maximum Gasteiger partial charge on any atom is 0.326 e. The van der Waals surface area contributed by atoms with Crippen LogP contribution in [0.5, 0.6) is 5.75 Å². The summed E-state index contributed by atoms with van der Waals surface area (Å²) in [5, 5.41) is 3.29. The summed E-state index contributed by atoms with van der Waals surface area (Å²) in [6.07, 6.45) is 0.462. The minimum Gasteiger partial charge on any atom is -0.493 e. The van der Waals surface area contributed by atoms with E-state index in [0.717, 1.165) is 10.9 Å². The predicted octanol–water partition coefficient (Wildman–Crippen LogP) is 4.46. The van der Waals surface area contributed by atoms with Gasteiger partial charge in [0.25, 0.3) is 5.91 Å². The van der Waals surface area contributed by atoms with Crippen molar-refractivity contribution in [2.75, 3.05) is 13.2 Å². The SMILES string of the molecule is CCOc1ccccc1C(=O)NCC(=O)OC(C(=O)c1c[nH]c2ccccc12)c1ccccc1. The van der Waals surface area contributed by atoms with Gasteiger partial charge >= 0.3 is 5.97 Å². The molecular weight excluding hydrogens is 432 g/mol. The summed E-state index contributed by atoms with van der Waals surface area (Å²) in [4.78, 5) is 41.8. The number of rotatable bonds is 9. The van der Waals surface area contributed by atoms with Crippen LogP contribution in [0.1, 0.15) is 39.3 Å². The molecule has 1 atom stereocenters. The summed E-state index contributed by atoms with van der Waals surface area (Å²) in [5.74, 6) is -1.14. The van der Waals surface area contributed by atoms with E-state index in [2.05, 4.69) is 10.3 Å². The minimum atomic E-state index is -1.15. The number of Topliss-reactive ketones (excluding diaryl/α,β-unsaturated/α-hetero) is 1. The zero-order valence-corrected chi connectivity index (χ0v) is 18.6. The summed E-state index contributed by atoms with van der Waals surface area (Å²) >= 11 is 0. The Hall–Kier alpha value is -4.39. The number of H-pyrrole nitrogens is 1. The number of nitrogens with one attached hydrogen (secondary N) is 2. The topological polar surface area (TPSA) is 97.5 Å². The molecule has 34 heavy (non-hydrogen) atoms. The Morgan fingerprint density at radius 2 is 1.59 bits per heavy atom. The van der Waals surface area contributed by atoms with Crippen LogP contribution in [-0.4, -0.2) is 35.8 Å². The van der Waals surface area contributed by atoms with E-state index in [1.165, 1.54) is 0 Å². The highest BCUT2D eigenvalue weighted by Crippen LogP contribution is 2.27. The van der Waals surface area contributed by atoms with Crippen molar-refractivity contribution < 1.29 is 23.9 Å². The first-order valence-electron chi connectivity index (χ1n) is 10.9. The van der Waals surface area contributed by atoms with Crippen molar-refractivity contribution in [1.29, 1.82) is 0 Å². The first kappa shape index (κ1) is 22.8. The summed E-state index contributed by atoms with van der Waals surface area (Å²) in [5.41, 5.74) is 2.09. The molecule has 1 heterocycles. The van der Waals surface area contributed by atoms with Gasteiger partial charge in [-0.15, -0.1) is 0 Å². The van der Waals surface area contributed by atoms with Gasteiger partial charge in [-0.25, -0.2) is 0 Å². The number of carbonyl (C=O) groups excluding carboxylic acids is 3. The second-order valence-electron chi connectivity index (χ2n) is 7.50. The summed E-state index contributed by atoms with van der Waals surface area (Å²) in [7, 11) is 0. The lowest BCUT2D eigenvalue weighted by molar-refractivity contribution is -0.146. The molecule has 0 fully saturated rings. The molecule has 0 aliphatic heterocycles. The average Bonchev–Trinajstić information content (AvgIpc) is 3.31. The van der Waals surface area contributed by atoms with Gasteiger partial charge < -0.3 is 19.8 Å². The van der Waals surface area contributed by atoms with Gasteiger partial charge in [-0.3, -0.25) is 14.4 Å². The second kappa shape index (κ2) is 10.5. The molecule has 0 saturated carbocycles. The van der Waals surface area contributed by atoms with Gasteiger partial charge in [0.15, 0.2) is 6.10 Å². The highest BCUT2D eigenvalue weighted by molar-refractivity contribution is 6.10. The van der Waals surface area contributed by atoms with E-state index in [1.54, 1.807) is 54.7 Å². The number of para-hydroxylation sites is 2. The zero-order valence-electron chi connectivity index (χ0n) is 18.6. The molecule has 2 N–H and O–H groups in total. The van der Waals surface area contributed by atoms with Gasteiger partial charge in [0.1, 0.15) is 12.3 Å². The standard InChI is InChI=1S/C27H24N2O5/c1-2-33-23-15-9-7-13-20(23)27(32)29-17-24(30)34-26(18-10-4-3-5-11-18)25(31)21-16-28-22-14-8-6-12-19(21)22/h3-16,26,28H,2,17H2,1H3,(H,29,32). The molecule has 0 aliphatic rings. The summed E-state index contributed by atoms with van der Waals surface area (Å²) < 4.78 is 11.1. The van der Waals surface area contributed by atoms with Crippen LogP contribution in [0.25, 0.3) is 10.9 Å². The molecular formula is C27H24N2O5. The molecule has 1 aromatic heterocycles. The number of ether oxygens (including phenoxy) is 2. The van der Waals surface area contributed by atoms with E-state index in [0.29, 0.717) is 29.0 Å². The Bertz CT molecular complexity index is 1310. The van der Waals surface area contributed by atoms with Crippen LogP contribution < -0.4 is 10.1 Å². The first-order valence-corrected chi connectivity index (χ1v) is 10.9. The van der Waals surface area contributed by atoms with E-state index in [1.807, 2.05) is 37.3 Å². The van der Waals surface area contributed by atoms with Gasteiger partial charge in [-0.2, -0.15) is 0 Å². The minimum absolute atomic E-state index is 0.312. The number of benzene rings is 3. The molecule has 172 valence electrons. The molecule has 1 amide bonds. The number of amides is 1. The Balaban J connectivity index is 1.50. The quantitative estimate of drug-likeness (QED) is 0.286. The Kier molecular flexibility index (Phi) is 7.03. The van der Waals surface area contributed by atoms with Crippen molar-refractivity contribution in [3.05, 3.63) is 102 Å². The van der Waals surface area contributed by atoms with Gasteiger partial charge in [-0.1, -0.05) is 60.7 Å². The van der Waals surface area contributed by atoms with Gasteiger partial charge in [-0.05, 0) is 25.1 Å². The van der Waals surface area contributed by atoms with Crippen molar-refractivity contribution in [1.82, 2.24) is 10.3 Å². The van der Waals surface area contributed by atoms with E-state index >= 15 is 0 Å². The highest BCUT2D eigenvalue weighted by Gasteiger charge is 2.28. The van der Waals surface area contributed by atoms with Crippen molar-refractivity contribution in [2.45, 2.75) is 13.0 Å². The zero-order chi connectivity index (χ0) is 23.9. The molecule has 0 aliphatic carbocycles. The van der Waals surface area contributed by atoms with Crippen LogP contribution in [0, 0.1) is 0 Å². The number of hydrogen-bond donors (Lipinski definition) is 2. The Morgan fingerprint density at radius 1 is 0.882 bits per heavy atom. The molecule has 4 rings (SSSR count). The van der Waals surface area contributed by atoms with E-state index < -0.39 is 24.5 Å². The number of carbonyl (C=O) groups is 3. The van der Waals surface area contributed by atoms with Crippen molar-refractivity contribution in [3.63, 3.8) is 0 Å². The van der Waals surface area contributed by atoms with Crippen molar-refractivity contribution in [2.24, 2.45) is 0 Å². The molecule has 0 spiro atoms. The largest absolute Gasteiger partial charge is 0.493 e. The normalized spacial score (nSPS) is 11.6. The fourth-order valence-electron chi connectivity index (χ4n) is 3.67. The van der Waals surface area contributed by atoms with Crippen LogP contribution in [-0.2, 0) is 9.53 Å². The van der Waals surface area contributed by atoms with E-state index in [4.69, 9.17) is 9.47 Å². The van der Waals surface area contributed by atoms with Crippen LogP contribution in [0.3, 0.4) is 0 Å². The number of esters is 1. The van der Waals surface area contributed by atoms with Gasteiger partial charge in [0.05, 0.1) is 12.2 Å². The lowest BCUT2D eigenvalue weighted by Gasteiger charge is -2.17. The van der Waals surface area contributed by atoms with Crippen molar-refractivity contribution in [3.8, 4) is 5.75 Å². The third kappa shape index (κ3) is 4.99. The lowest BCUT2D eigenvalue weighted by atomic mass is 9.99. The molecule has 7 heteroatoms. The van der Waals surface area contributed by atoms with Crippen LogP contribution in [0.2, 0.25) is 0 Å². The van der Waals surface area contributed by atoms with E-state index in [-0.39, 0.29) is 5.78 Å². The first-order chi connectivity index (χ1) is 16.6. The van der Waals surface area contributed by atoms with Crippen molar-refractivity contribution >= 4 is 28.6 Å². The number of aromatic amines is 1. The number of ketones is 1. The third-order valence-corrected chi connectivity index (χ3v) is 5.27. The third-order valence-electron chi connectivity index (χ3n) is 5.27. The summed E-state index contributed by atoms with van der Waals surface area (Å²) in [6.45, 7) is 1.82. The molecule has 1 unspecified atom stereocenters. The smallest absolute Gasteiger partial charge is 0.326 e. The Labute approximate surface area is 196 Å². The molecule has 0 saturated heterocycles. The highest BCUT2D eigenvalue weighted by atomic mass is 16.5. The molecule has 7 nitrogen and oxygen atoms in total. The lowest BCUT2D eigenvalue weighted by Crippen LogP contribution is -2.32. The van der Waals surface area contributed by atoms with Crippen LogP contribution >= 0.6 is 0 Å². The molecule has 0 radical (unpaired) electrons. The van der Waals surface area contributed by atoms with Gasteiger partial charge in [0, 0.05) is 28.2 Å². The van der Waals surface area contributed by atoms with Gasteiger partial charge in [0.2, 0.25) is 5.78 Å². The van der Waals surface area contributed by atoms with Crippen LogP contribution in [0.15, 0.2) is 85.1 Å². The fourth-order valence-corrected chi connectivity index (χ4v) is 3.67. The number of aromatic nitrogens is 1. The summed E-state index contributed by atoms with van der Waals surface area (Å²) in [6, 6.07) is 23.0. The van der Waals surface area contributed by atoms with Crippen LogP contribution in [0.4, 0.5) is 0 Å². The number of fused-ring (bicyclic) bond motifs is 1. The predicted molar refractivity (Wildman–Crippen MR) is 128 cm³/mol. The monoisotopic (exact) mass is 456 g/mol. The maximum absolute atomic E-state index is 13.4. The molecule has 3 aromatic carbocycles. The average molecular weight is 456 g/mol.